The number of nitrogens with zero attached hydrogens (tertiary/aromatic N) is 4. The molecule has 0 spiro atoms. The number of halogens is 1. The number of aromatic hydroxyl groups is 1. The number of methoxy groups -OCH3 is 1. The van der Waals surface area contributed by atoms with Crippen LogP contribution in [0.5, 0.6) is 11.5 Å². The van der Waals surface area contributed by atoms with E-state index in [4.69, 9.17) is 4.74 Å². The van der Waals surface area contributed by atoms with Crippen molar-refractivity contribution in [1.82, 2.24) is 20.2 Å². The second-order valence-corrected chi connectivity index (χ2v) is 7.61. The van der Waals surface area contributed by atoms with E-state index in [-0.39, 0.29) is 11.4 Å². The Labute approximate surface area is 163 Å². The maximum atomic E-state index is 14.5. The molecule has 0 aliphatic carbocycles. The van der Waals surface area contributed by atoms with Gasteiger partial charge in [-0.05, 0) is 61.9 Å². The van der Waals surface area contributed by atoms with Crippen molar-refractivity contribution in [3.63, 3.8) is 0 Å². The van der Waals surface area contributed by atoms with E-state index in [1.54, 1.807) is 22.9 Å². The SMILES string of the molecule is COc1ccc(F)c(NC(c2ccc(C)cc2O)c2nnnn2C(C)(C)C)c1. The van der Waals surface area contributed by atoms with Crippen molar-refractivity contribution in [3.8, 4) is 11.5 Å². The summed E-state index contributed by atoms with van der Waals surface area (Å²) in [5, 5.41) is 25.8. The predicted molar refractivity (Wildman–Crippen MR) is 104 cm³/mol. The highest BCUT2D eigenvalue weighted by molar-refractivity contribution is 5.54. The Balaban J connectivity index is 2.15. The van der Waals surface area contributed by atoms with E-state index in [0.717, 1.165) is 5.56 Å². The summed E-state index contributed by atoms with van der Waals surface area (Å²) >= 11 is 0. The van der Waals surface area contributed by atoms with Crippen LogP contribution in [0.25, 0.3) is 0 Å². The smallest absolute Gasteiger partial charge is 0.178 e. The van der Waals surface area contributed by atoms with Crippen LogP contribution in [-0.2, 0) is 5.54 Å². The van der Waals surface area contributed by atoms with Crippen LogP contribution in [0.4, 0.5) is 10.1 Å². The lowest BCUT2D eigenvalue weighted by Gasteiger charge is -2.26. The van der Waals surface area contributed by atoms with Crippen LogP contribution in [0.1, 0.15) is 43.8 Å². The van der Waals surface area contributed by atoms with Crippen molar-refractivity contribution < 1.29 is 14.2 Å². The summed E-state index contributed by atoms with van der Waals surface area (Å²) in [6, 6.07) is 9.03. The van der Waals surface area contributed by atoms with Gasteiger partial charge in [-0.3, -0.25) is 0 Å². The summed E-state index contributed by atoms with van der Waals surface area (Å²) in [5.41, 5.74) is 1.25. The Hall–Kier alpha value is -3.16. The van der Waals surface area contributed by atoms with Crippen molar-refractivity contribution in [3.05, 3.63) is 59.2 Å². The van der Waals surface area contributed by atoms with Gasteiger partial charge in [0.15, 0.2) is 5.82 Å². The lowest BCUT2D eigenvalue weighted by molar-refractivity contribution is 0.332. The van der Waals surface area contributed by atoms with E-state index in [1.807, 2.05) is 33.8 Å². The molecule has 0 radical (unpaired) electrons. The van der Waals surface area contributed by atoms with Crippen molar-refractivity contribution >= 4 is 5.69 Å². The van der Waals surface area contributed by atoms with Gasteiger partial charge < -0.3 is 15.2 Å². The molecule has 2 N–H and O–H groups in total. The first-order valence-corrected chi connectivity index (χ1v) is 8.89. The summed E-state index contributed by atoms with van der Waals surface area (Å²) < 4.78 is 21.3. The van der Waals surface area contributed by atoms with Crippen molar-refractivity contribution in [2.45, 2.75) is 39.3 Å². The first-order valence-electron chi connectivity index (χ1n) is 8.89. The van der Waals surface area contributed by atoms with Gasteiger partial charge in [0.1, 0.15) is 23.4 Å². The van der Waals surface area contributed by atoms with E-state index in [2.05, 4.69) is 20.8 Å². The zero-order valence-electron chi connectivity index (χ0n) is 16.6. The third-order valence-corrected chi connectivity index (χ3v) is 4.36. The van der Waals surface area contributed by atoms with Crippen LogP contribution in [0.15, 0.2) is 36.4 Å². The molecule has 1 unspecified atom stereocenters. The zero-order valence-corrected chi connectivity index (χ0v) is 16.6. The van der Waals surface area contributed by atoms with Crippen LogP contribution >= 0.6 is 0 Å². The molecule has 7 nitrogen and oxygen atoms in total. The number of phenolic OH excluding ortho intramolecular Hbond substituents is 1. The standard InChI is InChI=1S/C20H24FN5O2/c1-12-6-8-14(17(27)10-12)18(19-23-24-25-26(19)20(2,3)4)22-16-11-13(28-5)7-9-15(16)21/h6-11,18,22,27H,1-5H3. The van der Waals surface area contributed by atoms with Crippen molar-refractivity contribution in [2.75, 3.05) is 12.4 Å². The summed E-state index contributed by atoms with van der Waals surface area (Å²) in [6.45, 7) is 7.77. The second kappa shape index (κ2) is 7.46. The molecule has 148 valence electrons. The number of rotatable bonds is 5. The number of hydrogen-bond acceptors (Lipinski definition) is 6. The lowest BCUT2D eigenvalue weighted by Crippen LogP contribution is -2.29. The highest BCUT2D eigenvalue weighted by atomic mass is 19.1. The third-order valence-electron chi connectivity index (χ3n) is 4.36. The Morgan fingerprint density at radius 3 is 2.57 bits per heavy atom. The van der Waals surface area contributed by atoms with Crippen molar-refractivity contribution in [2.24, 2.45) is 0 Å². The molecule has 3 aromatic rings. The van der Waals surface area contributed by atoms with Gasteiger partial charge in [-0.15, -0.1) is 5.10 Å². The molecule has 1 aromatic heterocycles. The quantitative estimate of drug-likeness (QED) is 0.695. The molecule has 0 bridgehead atoms. The number of benzene rings is 2. The van der Waals surface area contributed by atoms with E-state index < -0.39 is 17.4 Å². The van der Waals surface area contributed by atoms with Gasteiger partial charge in [0.25, 0.3) is 0 Å². The monoisotopic (exact) mass is 385 g/mol. The zero-order chi connectivity index (χ0) is 20.5. The van der Waals surface area contributed by atoms with Gasteiger partial charge in [0.2, 0.25) is 0 Å². The third kappa shape index (κ3) is 3.90. The van der Waals surface area contributed by atoms with Gasteiger partial charge in [0, 0.05) is 11.6 Å². The number of nitrogens with one attached hydrogen (secondary N) is 1. The molecule has 8 heteroatoms. The Morgan fingerprint density at radius 2 is 1.93 bits per heavy atom. The van der Waals surface area contributed by atoms with E-state index in [0.29, 0.717) is 17.1 Å². The number of tetrazole rings is 1. The summed E-state index contributed by atoms with van der Waals surface area (Å²) in [7, 11) is 1.51. The minimum Gasteiger partial charge on any atom is -0.508 e. The van der Waals surface area contributed by atoms with Gasteiger partial charge in [-0.2, -0.15) is 0 Å². The first kappa shape index (κ1) is 19.6. The van der Waals surface area contributed by atoms with Crippen LogP contribution < -0.4 is 10.1 Å². The van der Waals surface area contributed by atoms with Crippen LogP contribution in [0.3, 0.4) is 0 Å². The number of aryl methyl sites for hydroxylation is 1. The van der Waals surface area contributed by atoms with E-state index in [9.17, 15) is 9.50 Å². The molecule has 0 aliphatic rings. The molecule has 2 aromatic carbocycles. The number of ether oxygens (including phenoxy) is 1. The van der Waals surface area contributed by atoms with Gasteiger partial charge >= 0.3 is 0 Å². The molecular formula is C20H24FN5O2. The number of anilines is 1. The van der Waals surface area contributed by atoms with Crippen LogP contribution in [0, 0.1) is 12.7 Å². The molecule has 1 atom stereocenters. The second-order valence-electron chi connectivity index (χ2n) is 7.61. The molecule has 0 saturated carbocycles. The number of phenols is 1. The first-order chi connectivity index (χ1) is 13.2. The number of aromatic nitrogens is 4. The van der Waals surface area contributed by atoms with Crippen molar-refractivity contribution in [1.29, 1.82) is 0 Å². The Kier molecular flexibility index (Phi) is 5.22. The van der Waals surface area contributed by atoms with Crippen LogP contribution in [-0.4, -0.2) is 32.4 Å². The van der Waals surface area contributed by atoms with Gasteiger partial charge in [-0.1, -0.05) is 12.1 Å². The summed E-state index contributed by atoms with van der Waals surface area (Å²) in [4.78, 5) is 0. The van der Waals surface area contributed by atoms with E-state index in [1.165, 1.54) is 19.2 Å². The summed E-state index contributed by atoms with van der Waals surface area (Å²) in [6.07, 6.45) is 0. The maximum absolute atomic E-state index is 14.5. The molecule has 3 rings (SSSR count). The fourth-order valence-electron chi connectivity index (χ4n) is 2.93. The minimum absolute atomic E-state index is 0.0734. The molecule has 0 amide bonds. The van der Waals surface area contributed by atoms with Gasteiger partial charge in [-0.25, -0.2) is 9.07 Å². The molecule has 1 heterocycles. The average molecular weight is 385 g/mol. The normalized spacial score (nSPS) is 12.6. The average Bonchev–Trinajstić information content (AvgIpc) is 3.11. The predicted octanol–water partition coefficient (Wildman–Crippen LogP) is 3.79. The maximum Gasteiger partial charge on any atom is 0.178 e. The van der Waals surface area contributed by atoms with Gasteiger partial charge in [0.05, 0.1) is 18.3 Å². The largest absolute Gasteiger partial charge is 0.508 e. The minimum atomic E-state index is -0.684. The molecule has 0 aliphatic heterocycles. The van der Waals surface area contributed by atoms with Crippen LogP contribution in [0.2, 0.25) is 0 Å². The fraction of sp³-hybridized carbons (Fsp3) is 0.350. The highest BCUT2D eigenvalue weighted by Crippen LogP contribution is 2.35. The lowest BCUT2D eigenvalue weighted by atomic mass is 10.0. The van der Waals surface area contributed by atoms with E-state index >= 15 is 0 Å². The molecule has 28 heavy (non-hydrogen) atoms. The molecule has 0 fully saturated rings. The fourth-order valence-corrected chi connectivity index (χ4v) is 2.93. The highest BCUT2D eigenvalue weighted by Gasteiger charge is 2.29. The number of hydrogen-bond donors (Lipinski definition) is 2. The Bertz CT molecular complexity index is 981. The summed E-state index contributed by atoms with van der Waals surface area (Å²) in [5.74, 6) is 0.580. The molecular weight excluding hydrogens is 361 g/mol. The molecule has 0 saturated heterocycles. The topological polar surface area (TPSA) is 85.1 Å². The Morgan fingerprint density at radius 1 is 1.18 bits per heavy atom.